The summed E-state index contributed by atoms with van der Waals surface area (Å²) in [7, 11) is 0. The second kappa shape index (κ2) is 6.02. The number of likely N-dealkylation sites (tertiary alicyclic amines) is 1. The van der Waals surface area contributed by atoms with Gasteiger partial charge >= 0.3 is 0 Å². The quantitative estimate of drug-likeness (QED) is 0.792. The number of carbonyl (C=O) groups is 1. The van der Waals surface area contributed by atoms with Gasteiger partial charge in [0.25, 0.3) is 0 Å². The first-order valence-corrected chi connectivity index (χ1v) is 7.38. The van der Waals surface area contributed by atoms with E-state index in [9.17, 15) is 4.79 Å². The number of amides is 1. The summed E-state index contributed by atoms with van der Waals surface area (Å²) < 4.78 is 0. The third-order valence-electron chi connectivity index (χ3n) is 4.51. The number of nitrogens with two attached hydrogens (primary N) is 1. The van der Waals surface area contributed by atoms with Crippen LogP contribution in [0.5, 0.6) is 0 Å². The van der Waals surface area contributed by atoms with E-state index in [1.165, 1.54) is 0 Å². The van der Waals surface area contributed by atoms with Crippen LogP contribution in [-0.2, 0) is 4.79 Å². The average Bonchev–Trinajstić information content (AvgIpc) is 2.76. The van der Waals surface area contributed by atoms with Gasteiger partial charge < -0.3 is 16.0 Å². The van der Waals surface area contributed by atoms with Crippen LogP contribution in [0.2, 0.25) is 0 Å². The van der Waals surface area contributed by atoms with Crippen LogP contribution in [-0.4, -0.2) is 42.0 Å². The molecule has 1 saturated carbocycles. The molecule has 2 unspecified atom stereocenters. The van der Waals surface area contributed by atoms with Gasteiger partial charge in [-0.3, -0.25) is 4.79 Å². The monoisotopic (exact) mass is 253 g/mol. The molecule has 1 heterocycles. The summed E-state index contributed by atoms with van der Waals surface area (Å²) in [6, 6.07) is 1.06. The molecule has 3 N–H and O–H groups in total. The average molecular weight is 253 g/mol. The highest BCUT2D eigenvalue weighted by molar-refractivity contribution is 5.80. The normalized spacial score (nSPS) is 30.9. The zero-order chi connectivity index (χ0) is 13.1. The van der Waals surface area contributed by atoms with Crippen LogP contribution < -0.4 is 11.1 Å². The van der Waals surface area contributed by atoms with Crippen molar-refractivity contribution >= 4 is 5.91 Å². The van der Waals surface area contributed by atoms with Crippen LogP contribution in [0.4, 0.5) is 0 Å². The van der Waals surface area contributed by atoms with E-state index in [0.717, 1.165) is 45.2 Å². The number of carbonyl (C=O) groups excluding carboxylic acids is 1. The number of hydrogen-bond acceptors (Lipinski definition) is 3. The van der Waals surface area contributed by atoms with Gasteiger partial charge in [-0.2, -0.15) is 0 Å². The van der Waals surface area contributed by atoms with E-state index in [1.54, 1.807) is 0 Å². The fraction of sp³-hybridized carbons (Fsp3) is 0.929. The first-order valence-electron chi connectivity index (χ1n) is 7.38. The fourth-order valence-corrected chi connectivity index (χ4v) is 3.18. The lowest BCUT2D eigenvalue weighted by molar-refractivity contribution is -0.126. The molecule has 0 radical (unpaired) electrons. The Bertz CT molecular complexity index is 285. The van der Waals surface area contributed by atoms with Crippen LogP contribution in [0.3, 0.4) is 0 Å². The maximum Gasteiger partial charge on any atom is 0.224 e. The largest absolute Gasteiger partial charge is 0.353 e. The molecule has 2 fully saturated rings. The highest BCUT2D eigenvalue weighted by atomic mass is 16.2. The van der Waals surface area contributed by atoms with E-state index in [4.69, 9.17) is 5.73 Å². The highest BCUT2D eigenvalue weighted by Gasteiger charge is 2.32. The Morgan fingerprint density at radius 3 is 2.39 bits per heavy atom. The highest BCUT2D eigenvalue weighted by Crippen LogP contribution is 2.24. The Hall–Kier alpha value is -0.610. The summed E-state index contributed by atoms with van der Waals surface area (Å²) in [5.74, 6) is 0.260. The predicted octanol–water partition coefficient (Wildman–Crippen LogP) is 1.10. The molecule has 0 aromatic rings. The summed E-state index contributed by atoms with van der Waals surface area (Å²) in [6.45, 7) is 6.66. The molecule has 104 valence electrons. The Balaban J connectivity index is 1.76. The van der Waals surface area contributed by atoms with Crippen LogP contribution in [0.25, 0.3) is 0 Å². The number of hydrogen-bond donors (Lipinski definition) is 2. The Morgan fingerprint density at radius 1 is 1.22 bits per heavy atom. The lowest BCUT2D eigenvalue weighted by Crippen LogP contribution is -2.49. The summed E-state index contributed by atoms with van der Waals surface area (Å²) >= 11 is 0. The molecule has 18 heavy (non-hydrogen) atoms. The molecular formula is C14H27N3O. The van der Waals surface area contributed by atoms with Crippen LogP contribution in [0.1, 0.15) is 46.0 Å². The van der Waals surface area contributed by atoms with Crippen molar-refractivity contribution in [2.75, 3.05) is 13.1 Å². The summed E-state index contributed by atoms with van der Waals surface area (Å²) in [6.07, 6.45) is 5.23. The van der Waals surface area contributed by atoms with Gasteiger partial charge in [0.05, 0.1) is 5.92 Å². The van der Waals surface area contributed by atoms with Crippen molar-refractivity contribution < 1.29 is 4.79 Å². The molecule has 2 rings (SSSR count). The molecule has 2 atom stereocenters. The lowest BCUT2D eigenvalue weighted by Gasteiger charge is -2.35. The first kappa shape index (κ1) is 13.8. The molecule has 0 aromatic heterocycles. The van der Waals surface area contributed by atoms with E-state index in [0.29, 0.717) is 12.1 Å². The fourth-order valence-electron chi connectivity index (χ4n) is 3.18. The minimum absolute atomic E-state index is 0.0631. The maximum absolute atomic E-state index is 12.1. The molecule has 1 amide bonds. The smallest absolute Gasteiger partial charge is 0.224 e. The van der Waals surface area contributed by atoms with Crippen molar-refractivity contribution in [2.24, 2.45) is 11.7 Å². The molecule has 2 aliphatic rings. The second-order valence-corrected chi connectivity index (χ2v) is 6.11. The van der Waals surface area contributed by atoms with Crippen molar-refractivity contribution in [1.29, 1.82) is 0 Å². The van der Waals surface area contributed by atoms with E-state index >= 15 is 0 Å². The number of rotatable bonds is 3. The first-order chi connectivity index (χ1) is 8.58. The van der Waals surface area contributed by atoms with E-state index in [-0.39, 0.29) is 17.9 Å². The Labute approximate surface area is 110 Å². The zero-order valence-electron chi connectivity index (χ0n) is 11.7. The molecule has 1 aliphatic carbocycles. The van der Waals surface area contributed by atoms with E-state index in [1.807, 2.05) is 0 Å². The lowest BCUT2D eigenvalue weighted by atomic mass is 9.99. The predicted molar refractivity (Wildman–Crippen MR) is 73.2 cm³/mol. The molecular weight excluding hydrogens is 226 g/mol. The number of nitrogens with zero attached hydrogens (tertiary/aromatic N) is 1. The molecule has 4 heteroatoms. The van der Waals surface area contributed by atoms with Crippen molar-refractivity contribution in [2.45, 2.75) is 64.1 Å². The summed E-state index contributed by atoms with van der Waals surface area (Å²) in [4.78, 5) is 14.6. The molecule has 0 bridgehead atoms. The third kappa shape index (κ3) is 3.23. The molecule has 0 spiro atoms. The molecule has 1 aliphatic heterocycles. The van der Waals surface area contributed by atoms with Gasteiger partial charge in [-0.1, -0.05) is 6.42 Å². The van der Waals surface area contributed by atoms with Gasteiger partial charge in [-0.05, 0) is 39.5 Å². The van der Waals surface area contributed by atoms with Crippen LogP contribution in [0, 0.1) is 5.92 Å². The molecule has 0 aromatic carbocycles. The minimum atomic E-state index is 0.0631. The Morgan fingerprint density at radius 2 is 1.89 bits per heavy atom. The van der Waals surface area contributed by atoms with Gasteiger partial charge in [0.1, 0.15) is 0 Å². The SMILES string of the molecule is CC(C)N1CCC(NC(=O)C2CCCC2N)CC1. The molecule has 1 saturated heterocycles. The van der Waals surface area contributed by atoms with Crippen LogP contribution >= 0.6 is 0 Å². The number of piperidine rings is 1. The number of nitrogens with one attached hydrogen (secondary N) is 1. The minimum Gasteiger partial charge on any atom is -0.353 e. The summed E-state index contributed by atoms with van der Waals surface area (Å²) in [5.41, 5.74) is 5.98. The van der Waals surface area contributed by atoms with Crippen molar-refractivity contribution in [3.05, 3.63) is 0 Å². The summed E-state index contributed by atoms with van der Waals surface area (Å²) in [5, 5.41) is 3.21. The second-order valence-electron chi connectivity index (χ2n) is 6.11. The van der Waals surface area contributed by atoms with Gasteiger partial charge in [0.15, 0.2) is 0 Å². The van der Waals surface area contributed by atoms with Crippen molar-refractivity contribution in [3.8, 4) is 0 Å². The zero-order valence-corrected chi connectivity index (χ0v) is 11.7. The van der Waals surface area contributed by atoms with Gasteiger partial charge in [-0.15, -0.1) is 0 Å². The Kier molecular flexibility index (Phi) is 4.62. The van der Waals surface area contributed by atoms with Gasteiger partial charge in [-0.25, -0.2) is 0 Å². The van der Waals surface area contributed by atoms with Gasteiger partial charge in [0, 0.05) is 31.2 Å². The standard InChI is InChI=1S/C14H27N3O/c1-10(2)17-8-6-11(7-9-17)16-14(18)12-4-3-5-13(12)15/h10-13H,3-9,15H2,1-2H3,(H,16,18). The third-order valence-corrected chi connectivity index (χ3v) is 4.51. The van der Waals surface area contributed by atoms with Crippen molar-refractivity contribution in [3.63, 3.8) is 0 Å². The van der Waals surface area contributed by atoms with Crippen molar-refractivity contribution in [1.82, 2.24) is 10.2 Å². The molecule has 4 nitrogen and oxygen atoms in total. The van der Waals surface area contributed by atoms with E-state index in [2.05, 4.69) is 24.1 Å². The van der Waals surface area contributed by atoms with Crippen LogP contribution in [0.15, 0.2) is 0 Å². The van der Waals surface area contributed by atoms with Gasteiger partial charge in [0.2, 0.25) is 5.91 Å². The van der Waals surface area contributed by atoms with E-state index < -0.39 is 0 Å². The topological polar surface area (TPSA) is 58.4 Å². The maximum atomic E-state index is 12.1.